The Bertz CT molecular complexity index is 1480. The number of carbonyl (C=O) groups is 1. The molecule has 1 aliphatic rings. The lowest BCUT2D eigenvalue weighted by atomic mass is 10.1. The van der Waals surface area contributed by atoms with Crippen LogP contribution in [0.1, 0.15) is 19.3 Å². The van der Waals surface area contributed by atoms with Crippen molar-refractivity contribution < 1.29 is 13.2 Å². The standard InChI is InChI=1S/C25H23ClN4O3S3/c26-18-6-4-17(5-7-18)21-14-34-24-23(21)25(28-16-27-24)35-15-22(31)29-19-8-10-20(11-9-19)36(32,33)30-12-2-1-3-13-30/h4-11,14,16H,1-3,12-13,15H2,(H,29,31). The number of hydrogen-bond donors (Lipinski definition) is 1. The van der Waals surface area contributed by atoms with Gasteiger partial charge in [0.1, 0.15) is 16.2 Å². The van der Waals surface area contributed by atoms with Gasteiger partial charge in [0, 0.05) is 34.7 Å². The number of amides is 1. The molecule has 2 aromatic heterocycles. The summed E-state index contributed by atoms with van der Waals surface area (Å²) < 4.78 is 27.2. The minimum Gasteiger partial charge on any atom is -0.325 e. The minimum atomic E-state index is -3.50. The number of fused-ring (bicyclic) bond motifs is 1. The van der Waals surface area contributed by atoms with E-state index in [0.717, 1.165) is 45.6 Å². The number of nitrogens with one attached hydrogen (secondary N) is 1. The zero-order chi connectivity index (χ0) is 25.1. The molecular formula is C25H23ClN4O3S3. The summed E-state index contributed by atoms with van der Waals surface area (Å²) in [6.07, 6.45) is 4.34. The Balaban J connectivity index is 1.26. The highest BCUT2D eigenvalue weighted by atomic mass is 35.5. The first-order valence-corrected chi connectivity index (χ1v) is 15.1. The molecule has 4 aromatic rings. The summed E-state index contributed by atoms with van der Waals surface area (Å²) in [4.78, 5) is 22.6. The summed E-state index contributed by atoms with van der Waals surface area (Å²) in [5.41, 5.74) is 2.55. The smallest absolute Gasteiger partial charge is 0.243 e. The number of aromatic nitrogens is 2. The average molecular weight is 559 g/mol. The molecule has 1 aliphatic heterocycles. The number of hydrogen-bond acceptors (Lipinski definition) is 7. The molecule has 0 spiro atoms. The normalized spacial score (nSPS) is 14.7. The van der Waals surface area contributed by atoms with Crippen LogP contribution in [0.5, 0.6) is 0 Å². The summed E-state index contributed by atoms with van der Waals surface area (Å²) in [6, 6.07) is 13.9. The van der Waals surface area contributed by atoms with Crippen molar-refractivity contribution in [3.8, 4) is 11.1 Å². The van der Waals surface area contributed by atoms with Crippen LogP contribution in [0.15, 0.2) is 70.2 Å². The Hall–Kier alpha value is -2.50. The molecule has 0 saturated carbocycles. The minimum absolute atomic E-state index is 0.149. The Morgan fingerprint density at radius 2 is 1.75 bits per heavy atom. The van der Waals surface area contributed by atoms with Gasteiger partial charge in [-0.05, 0) is 54.8 Å². The van der Waals surface area contributed by atoms with E-state index in [-0.39, 0.29) is 16.6 Å². The third-order valence-corrected chi connectivity index (χ3v) is 9.96. The van der Waals surface area contributed by atoms with Gasteiger partial charge >= 0.3 is 0 Å². The van der Waals surface area contributed by atoms with Crippen molar-refractivity contribution in [1.82, 2.24) is 14.3 Å². The topological polar surface area (TPSA) is 92.3 Å². The number of piperidine rings is 1. The molecule has 0 unspecified atom stereocenters. The van der Waals surface area contributed by atoms with Crippen LogP contribution in [0, 0.1) is 0 Å². The van der Waals surface area contributed by atoms with Gasteiger partial charge in [-0.15, -0.1) is 11.3 Å². The quantitative estimate of drug-likeness (QED) is 0.224. The van der Waals surface area contributed by atoms with Crippen molar-refractivity contribution in [3.05, 3.63) is 65.3 Å². The monoisotopic (exact) mass is 558 g/mol. The molecule has 0 aliphatic carbocycles. The molecule has 5 rings (SSSR count). The van der Waals surface area contributed by atoms with Crippen LogP contribution in [0.2, 0.25) is 5.02 Å². The second kappa shape index (κ2) is 10.9. The van der Waals surface area contributed by atoms with Gasteiger partial charge in [0.2, 0.25) is 15.9 Å². The number of thiophene rings is 1. The molecule has 1 fully saturated rings. The molecule has 1 amide bonds. The van der Waals surface area contributed by atoms with E-state index in [1.807, 2.05) is 29.6 Å². The van der Waals surface area contributed by atoms with Crippen LogP contribution in [0.3, 0.4) is 0 Å². The zero-order valence-corrected chi connectivity index (χ0v) is 22.4. The van der Waals surface area contributed by atoms with Crippen LogP contribution < -0.4 is 5.32 Å². The van der Waals surface area contributed by atoms with E-state index in [1.165, 1.54) is 33.7 Å². The zero-order valence-electron chi connectivity index (χ0n) is 19.2. The predicted octanol–water partition coefficient (Wildman–Crippen LogP) is 5.92. The molecule has 186 valence electrons. The van der Waals surface area contributed by atoms with Gasteiger partial charge in [-0.3, -0.25) is 4.79 Å². The molecule has 36 heavy (non-hydrogen) atoms. The maximum Gasteiger partial charge on any atom is 0.243 e. The van der Waals surface area contributed by atoms with Crippen molar-refractivity contribution in [2.24, 2.45) is 0 Å². The van der Waals surface area contributed by atoms with Crippen LogP contribution in [-0.4, -0.2) is 47.4 Å². The number of nitrogens with zero attached hydrogens (tertiary/aromatic N) is 3. The van der Waals surface area contributed by atoms with Gasteiger partial charge in [0.25, 0.3) is 0 Å². The average Bonchev–Trinajstić information content (AvgIpc) is 3.34. The lowest BCUT2D eigenvalue weighted by molar-refractivity contribution is -0.113. The fourth-order valence-corrected chi connectivity index (χ4v) is 7.53. The Morgan fingerprint density at radius 3 is 2.47 bits per heavy atom. The summed E-state index contributed by atoms with van der Waals surface area (Å²) in [5, 5.41) is 7.18. The number of benzene rings is 2. The van der Waals surface area contributed by atoms with E-state index in [9.17, 15) is 13.2 Å². The number of halogens is 1. The lowest BCUT2D eigenvalue weighted by Crippen LogP contribution is -2.35. The van der Waals surface area contributed by atoms with Crippen molar-refractivity contribution in [2.45, 2.75) is 29.2 Å². The fraction of sp³-hybridized carbons (Fsp3) is 0.240. The fourth-order valence-electron chi connectivity index (χ4n) is 4.09. The molecule has 2 aromatic carbocycles. The Kier molecular flexibility index (Phi) is 7.59. The number of anilines is 1. The van der Waals surface area contributed by atoms with Gasteiger partial charge < -0.3 is 5.32 Å². The van der Waals surface area contributed by atoms with E-state index < -0.39 is 10.0 Å². The van der Waals surface area contributed by atoms with E-state index in [0.29, 0.717) is 23.8 Å². The van der Waals surface area contributed by atoms with Gasteiger partial charge in [0.05, 0.1) is 16.0 Å². The SMILES string of the molecule is O=C(CSc1ncnc2scc(-c3ccc(Cl)cc3)c12)Nc1ccc(S(=O)(=O)N2CCCCC2)cc1. The molecule has 0 bridgehead atoms. The first-order chi connectivity index (χ1) is 17.4. The maximum absolute atomic E-state index is 12.8. The molecular weight excluding hydrogens is 536 g/mol. The molecule has 1 saturated heterocycles. The number of carbonyl (C=O) groups excluding carboxylic acids is 1. The van der Waals surface area contributed by atoms with E-state index in [4.69, 9.17) is 11.6 Å². The van der Waals surface area contributed by atoms with Crippen molar-refractivity contribution in [1.29, 1.82) is 0 Å². The molecule has 7 nitrogen and oxygen atoms in total. The van der Waals surface area contributed by atoms with E-state index in [1.54, 1.807) is 24.3 Å². The van der Waals surface area contributed by atoms with Crippen molar-refractivity contribution >= 4 is 66.5 Å². The van der Waals surface area contributed by atoms with Gasteiger partial charge in [-0.2, -0.15) is 4.31 Å². The highest BCUT2D eigenvalue weighted by Crippen LogP contribution is 2.38. The summed E-state index contributed by atoms with van der Waals surface area (Å²) in [7, 11) is -3.50. The summed E-state index contributed by atoms with van der Waals surface area (Å²) in [6.45, 7) is 1.11. The van der Waals surface area contributed by atoms with Crippen LogP contribution in [-0.2, 0) is 14.8 Å². The Labute approximate surface area is 223 Å². The molecule has 0 atom stereocenters. The van der Waals surface area contributed by atoms with Gasteiger partial charge in [0.15, 0.2) is 0 Å². The van der Waals surface area contributed by atoms with Crippen molar-refractivity contribution in [3.63, 3.8) is 0 Å². The van der Waals surface area contributed by atoms with Gasteiger partial charge in [-0.1, -0.05) is 41.9 Å². The van der Waals surface area contributed by atoms with Crippen LogP contribution in [0.25, 0.3) is 21.3 Å². The third kappa shape index (κ3) is 5.42. The first-order valence-electron chi connectivity index (χ1n) is 11.4. The maximum atomic E-state index is 12.8. The molecule has 0 radical (unpaired) electrons. The Morgan fingerprint density at radius 1 is 1.03 bits per heavy atom. The van der Waals surface area contributed by atoms with Crippen LogP contribution in [0.4, 0.5) is 5.69 Å². The second-order valence-electron chi connectivity index (χ2n) is 8.34. The number of rotatable bonds is 7. The predicted molar refractivity (Wildman–Crippen MR) is 146 cm³/mol. The first kappa shape index (κ1) is 25.2. The van der Waals surface area contributed by atoms with Gasteiger partial charge in [-0.25, -0.2) is 18.4 Å². The van der Waals surface area contributed by atoms with E-state index >= 15 is 0 Å². The molecule has 3 heterocycles. The highest BCUT2D eigenvalue weighted by molar-refractivity contribution is 8.00. The summed E-state index contributed by atoms with van der Waals surface area (Å²) >= 11 is 8.90. The third-order valence-electron chi connectivity index (χ3n) is 5.92. The lowest BCUT2D eigenvalue weighted by Gasteiger charge is -2.25. The molecule has 11 heteroatoms. The largest absolute Gasteiger partial charge is 0.325 e. The number of sulfonamides is 1. The van der Waals surface area contributed by atoms with Crippen LogP contribution >= 0.6 is 34.7 Å². The number of thioether (sulfide) groups is 1. The molecule has 1 N–H and O–H groups in total. The highest BCUT2D eigenvalue weighted by Gasteiger charge is 2.25. The van der Waals surface area contributed by atoms with Crippen molar-refractivity contribution in [2.75, 3.05) is 24.2 Å². The second-order valence-corrected chi connectivity index (χ2v) is 12.5. The van der Waals surface area contributed by atoms with E-state index in [2.05, 4.69) is 15.3 Å². The summed E-state index contributed by atoms with van der Waals surface area (Å²) in [5.74, 6) is -0.0581.